The van der Waals surface area contributed by atoms with Gasteiger partial charge in [-0.1, -0.05) is 5.21 Å². The molecule has 0 aromatic carbocycles. The molecule has 2 aromatic rings. The molecular formula is C16H24N6O. The van der Waals surface area contributed by atoms with Gasteiger partial charge >= 0.3 is 0 Å². The van der Waals surface area contributed by atoms with Crippen LogP contribution in [0.25, 0.3) is 0 Å². The number of hydrogen-bond donors (Lipinski definition) is 1. The lowest BCUT2D eigenvalue weighted by Crippen LogP contribution is -2.36. The molecular weight excluding hydrogens is 292 g/mol. The van der Waals surface area contributed by atoms with E-state index in [0.29, 0.717) is 12.3 Å². The molecule has 1 N–H and O–H groups in total. The van der Waals surface area contributed by atoms with Crippen molar-refractivity contribution in [2.45, 2.75) is 45.8 Å². The van der Waals surface area contributed by atoms with Crippen LogP contribution in [0.5, 0.6) is 0 Å². The van der Waals surface area contributed by atoms with Crippen LogP contribution < -0.4 is 4.90 Å². The quantitative estimate of drug-likeness (QED) is 0.893. The van der Waals surface area contributed by atoms with Gasteiger partial charge in [-0.05, 0) is 32.6 Å². The van der Waals surface area contributed by atoms with Gasteiger partial charge in [0.15, 0.2) is 0 Å². The number of rotatable bonds is 5. The van der Waals surface area contributed by atoms with Crippen molar-refractivity contribution in [3.63, 3.8) is 0 Å². The summed E-state index contributed by atoms with van der Waals surface area (Å²) < 4.78 is 1.91. The van der Waals surface area contributed by atoms with Crippen LogP contribution in [0.15, 0.2) is 18.6 Å². The van der Waals surface area contributed by atoms with E-state index in [1.807, 2.05) is 17.8 Å². The number of aliphatic hydroxyl groups is 1. The van der Waals surface area contributed by atoms with Crippen LogP contribution in [0.4, 0.5) is 5.82 Å². The molecule has 0 unspecified atom stereocenters. The maximum atomic E-state index is 9.40. The summed E-state index contributed by atoms with van der Waals surface area (Å²) in [5.41, 5.74) is 1.85. The van der Waals surface area contributed by atoms with Crippen molar-refractivity contribution in [2.75, 3.05) is 18.0 Å². The minimum atomic E-state index is -0.376. The molecule has 1 aliphatic heterocycles. The maximum Gasteiger partial charge on any atom is 0.150 e. The van der Waals surface area contributed by atoms with Gasteiger partial charge < -0.3 is 10.0 Å². The number of piperidine rings is 1. The number of nitrogens with zero attached hydrogens (tertiary/aromatic N) is 6. The van der Waals surface area contributed by atoms with Crippen molar-refractivity contribution in [3.8, 4) is 0 Å². The number of anilines is 1. The number of aryl methyl sites for hydroxylation is 1. The molecule has 124 valence electrons. The molecule has 1 aliphatic rings. The molecule has 3 rings (SSSR count). The fourth-order valence-corrected chi connectivity index (χ4v) is 3.13. The Bertz CT molecular complexity index is 633. The predicted octanol–water partition coefficient (Wildman–Crippen LogP) is 1.22. The van der Waals surface area contributed by atoms with E-state index in [2.05, 4.69) is 25.2 Å². The zero-order valence-corrected chi connectivity index (χ0v) is 13.8. The Morgan fingerprint density at radius 1 is 1.26 bits per heavy atom. The predicted molar refractivity (Wildman–Crippen MR) is 87.1 cm³/mol. The number of aromatic nitrogens is 5. The van der Waals surface area contributed by atoms with Crippen LogP contribution in [0.3, 0.4) is 0 Å². The lowest BCUT2D eigenvalue weighted by molar-refractivity contribution is 0.194. The third-order valence-corrected chi connectivity index (χ3v) is 4.31. The van der Waals surface area contributed by atoms with Gasteiger partial charge in [-0.2, -0.15) is 0 Å². The van der Waals surface area contributed by atoms with E-state index < -0.39 is 0 Å². The molecule has 23 heavy (non-hydrogen) atoms. The summed E-state index contributed by atoms with van der Waals surface area (Å²) in [6.45, 7) is 6.66. The van der Waals surface area contributed by atoms with Crippen LogP contribution >= 0.6 is 0 Å². The van der Waals surface area contributed by atoms with Crippen molar-refractivity contribution in [2.24, 2.45) is 5.92 Å². The summed E-state index contributed by atoms with van der Waals surface area (Å²) in [6.07, 6.45) is 7.85. The third kappa shape index (κ3) is 4.04. The van der Waals surface area contributed by atoms with E-state index in [4.69, 9.17) is 0 Å². The standard InChI is InChI=1S/C16H24N6O/c1-12(23)9-15-11-22(20-19-15)10-14-3-7-21(8-4-14)16-13(2)17-5-6-18-16/h5-6,11-12,14,23H,3-4,7-10H2,1-2H3/t12-/m0/s1. The Hall–Kier alpha value is -2.02. The van der Waals surface area contributed by atoms with Crippen molar-refractivity contribution >= 4 is 5.82 Å². The zero-order chi connectivity index (χ0) is 16.2. The molecule has 0 spiro atoms. The molecule has 1 saturated heterocycles. The van der Waals surface area contributed by atoms with Crippen LogP contribution in [-0.4, -0.2) is 49.3 Å². The first-order chi connectivity index (χ1) is 11.1. The normalized spacial score (nSPS) is 17.4. The first-order valence-corrected chi connectivity index (χ1v) is 8.21. The molecule has 0 bridgehead atoms. The minimum Gasteiger partial charge on any atom is -0.393 e. The van der Waals surface area contributed by atoms with Gasteiger partial charge in [0.1, 0.15) is 5.82 Å². The van der Waals surface area contributed by atoms with E-state index in [1.54, 1.807) is 19.3 Å². The average molecular weight is 316 g/mol. The van der Waals surface area contributed by atoms with E-state index in [-0.39, 0.29) is 6.10 Å². The van der Waals surface area contributed by atoms with Gasteiger partial charge in [0.25, 0.3) is 0 Å². The highest BCUT2D eigenvalue weighted by Crippen LogP contribution is 2.24. The first-order valence-electron chi connectivity index (χ1n) is 8.21. The van der Waals surface area contributed by atoms with Crippen LogP contribution in [0, 0.1) is 12.8 Å². The second kappa shape index (κ2) is 7.04. The molecule has 1 fully saturated rings. The second-order valence-corrected chi connectivity index (χ2v) is 6.38. The van der Waals surface area contributed by atoms with Crippen molar-refractivity contribution in [1.82, 2.24) is 25.0 Å². The molecule has 0 amide bonds. The SMILES string of the molecule is Cc1nccnc1N1CCC(Cn2cc(C[C@H](C)O)nn2)CC1. The zero-order valence-electron chi connectivity index (χ0n) is 13.8. The minimum absolute atomic E-state index is 0.376. The molecule has 0 saturated carbocycles. The van der Waals surface area contributed by atoms with Crippen LogP contribution in [0.2, 0.25) is 0 Å². The maximum absolute atomic E-state index is 9.40. The monoisotopic (exact) mass is 316 g/mol. The van der Waals surface area contributed by atoms with E-state index in [9.17, 15) is 5.11 Å². The molecule has 2 aromatic heterocycles. The van der Waals surface area contributed by atoms with E-state index in [1.165, 1.54) is 0 Å². The molecule has 7 nitrogen and oxygen atoms in total. The highest BCUT2D eigenvalue weighted by atomic mass is 16.3. The smallest absolute Gasteiger partial charge is 0.150 e. The highest BCUT2D eigenvalue weighted by molar-refractivity contribution is 5.42. The summed E-state index contributed by atoms with van der Waals surface area (Å²) in [4.78, 5) is 11.1. The van der Waals surface area contributed by atoms with Gasteiger partial charge in [0, 0.05) is 44.6 Å². The van der Waals surface area contributed by atoms with Gasteiger partial charge in [-0.15, -0.1) is 5.10 Å². The molecule has 1 atom stereocenters. The summed E-state index contributed by atoms with van der Waals surface area (Å²) in [6, 6.07) is 0. The lowest BCUT2D eigenvalue weighted by atomic mass is 9.97. The lowest BCUT2D eigenvalue weighted by Gasteiger charge is -2.33. The molecule has 3 heterocycles. The largest absolute Gasteiger partial charge is 0.393 e. The van der Waals surface area contributed by atoms with Gasteiger partial charge in [-0.25, -0.2) is 4.98 Å². The Labute approximate surface area is 136 Å². The summed E-state index contributed by atoms with van der Waals surface area (Å²) in [5, 5.41) is 17.7. The summed E-state index contributed by atoms with van der Waals surface area (Å²) >= 11 is 0. The van der Waals surface area contributed by atoms with Crippen LogP contribution in [-0.2, 0) is 13.0 Å². The van der Waals surface area contributed by atoms with Gasteiger partial charge in [0.05, 0.1) is 17.5 Å². The number of aliphatic hydroxyl groups excluding tert-OH is 1. The Morgan fingerprint density at radius 3 is 2.70 bits per heavy atom. The fraction of sp³-hybridized carbons (Fsp3) is 0.625. The fourth-order valence-electron chi connectivity index (χ4n) is 3.13. The highest BCUT2D eigenvalue weighted by Gasteiger charge is 2.22. The Kier molecular flexibility index (Phi) is 4.85. The van der Waals surface area contributed by atoms with Gasteiger partial charge in [0.2, 0.25) is 0 Å². The van der Waals surface area contributed by atoms with Crippen molar-refractivity contribution in [3.05, 3.63) is 30.0 Å². The average Bonchev–Trinajstić information content (AvgIpc) is 2.95. The number of hydrogen-bond acceptors (Lipinski definition) is 6. The Morgan fingerprint density at radius 2 is 2.00 bits per heavy atom. The molecule has 7 heteroatoms. The summed E-state index contributed by atoms with van der Waals surface area (Å²) in [7, 11) is 0. The van der Waals surface area contributed by atoms with Crippen LogP contribution in [0.1, 0.15) is 31.2 Å². The molecule has 0 radical (unpaired) electrons. The van der Waals surface area contributed by atoms with E-state index in [0.717, 1.165) is 49.7 Å². The second-order valence-electron chi connectivity index (χ2n) is 6.38. The first kappa shape index (κ1) is 15.9. The van der Waals surface area contributed by atoms with Crippen molar-refractivity contribution < 1.29 is 5.11 Å². The van der Waals surface area contributed by atoms with E-state index >= 15 is 0 Å². The van der Waals surface area contributed by atoms with Gasteiger partial charge in [-0.3, -0.25) is 9.67 Å². The topological polar surface area (TPSA) is 80.0 Å². The Balaban J connectivity index is 1.53. The summed E-state index contributed by atoms with van der Waals surface area (Å²) in [5.74, 6) is 1.61. The third-order valence-electron chi connectivity index (χ3n) is 4.31. The van der Waals surface area contributed by atoms with Crippen molar-refractivity contribution in [1.29, 1.82) is 0 Å². The molecule has 0 aliphatic carbocycles.